The number of para-hydroxylation sites is 1. The molecule has 234 valence electrons. The molecule has 1 saturated heterocycles. The van der Waals surface area contributed by atoms with Crippen molar-refractivity contribution < 1.29 is 14.3 Å². The minimum absolute atomic E-state index is 0.0867. The number of alkyl carbamates (subject to hydrolysis) is 1. The van der Waals surface area contributed by atoms with Gasteiger partial charge in [0.1, 0.15) is 5.60 Å². The van der Waals surface area contributed by atoms with Crippen molar-refractivity contribution in [2.24, 2.45) is 10.9 Å². The van der Waals surface area contributed by atoms with E-state index in [0.717, 1.165) is 53.4 Å². The quantitative estimate of drug-likeness (QED) is 0.321. The first kappa shape index (κ1) is 30.4. The van der Waals surface area contributed by atoms with Crippen LogP contribution in [-0.2, 0) is 16.1 Å². The van der Waals surface area contributed by atoms with E-state index in [1.165, 1.54) is 12.8 Å². The number of nitrogens with zero attached hydrogens (tertiary/aromatic N) is 4. The highest BCUT2D eigenvalue weighted by molar-refractivity contribution is 6.23. The van der Waals surface area contributed by atoms with Crippen LogP contribution in [0.3, 0.4) is 0 Å². The number of carbonyl (C=O) groups excluding carboxylic acids is 2. The summed E-state index contributed by atoms with van der Waals surface area (Å²) < 4.78 is 7.83. The first-order chi connectivity index (χ1) is 21.7. The highest BCUT2D eigenvalue weighted by Gasteiger charge is 2.32. The second kappa shape index (κ2) is 12.8. The van der Waals surface area contributed by atoms with Gasteiger partial charge in [-0.05, 0) is 82.2 Å². The predicted octanol–water partition coefficient (Wildman–Crippen LogP) is 6.82. The smallest absolute Gasteiger partial charge is 0.407 e. The molecule has 45 heavy (non-hydrogen) atoms. The van der Waals surface area contributed by atoms with Crippen LogP contribution >= 0.6 is 0 Å². The standard InChI is InChI=1S/C37H43N5O3/c1-37(2,3)45-36(44)39-28-13-10-22-41(25-28)35(43)31-23-38-34(40(4)32-15-9-8-14-30(31)32)33-21-20-29(42(33)24-27-16-17-27)19-18-26-11-6-5-7-12-26/h5-9,11-12,14-15,18-21,23,27-28H,10,13,16-17,22,24-25H2,1-4H3,(H,39,44)/b19-18+/t28-/m1/s1. The molecule has 3 aromatic rings. The normalized spacial score (nSPS) is 18.6. The van der Waals surface area contributed by atoms with Gasteiger partial charge in [-0.2, -0.15) is 0 Å². The average molecular weight is 606 g/mol. The highest BCUT2D eigenvalue weighted by atomic mass is 16.6. The van der Waals surface area contributed by atoms with E-state index < -0.39 is 11.7 Å². The number of aliphatic imine (C=N–C) groups is 1. The van der Waals surface area contributed by atoms with Crippen molar-refractivity contribution in [1.29, 1.82) is 0 Å². The van der Waals surface area contributed by atoms with Gasteiger partial charge in [0.25, 0.3) is 5.91 Å². The Kier molecular flexibility index (Phi) is 8.65. The lowest BCUT2D eigenvalue weighted by Crippen LogP contribution is -2.50. The predicted molar refractivity (Wildman–Crippen MR) is 181 cm³/mol. The molecule has 1 aliphatic carbocycles. The van der Waals surface area contributed by atoms with E-state index in [4.69, 9.17) is 9.73 Å². The van der Waals surface area contributed by atoms with Gasteiger partial charge in [-0.3, -0.25) is 4.79 Å². The van der Waals surface area contributed by atoms with Crippen LogP contribution in [0.15, 0.2) is 77.9 Å². The number of benzene rings is 2. The molecule has 0 radical (unpaired) electrons. The minimum Gasteiger partial charge on any atom is -0.444 e. The van der Waals surface area contributed by atoms with Crippen molar-refractivity contribution in [2.75, 3.05) is 25.0 Å². The first-order valence-electron chi connectivity index (χ1n) is 16.0. The fourth-order valence-corrected chi connectivity index (χ4v) is 6.05. The van der Waals surface area contributed by atoms with Gasteiger partial charge in [0.05, 0.1) is 17.0 Å². The van der Waals surface area contributed by atoms with E-state index in [-0.39, 0.29) is 11.9 Å². The third-order valence-electron chi connectivity index (χ3n) is 8.48. The Morgan fingerprint density at radius 1 is 0.978 bits per heavy atom. The van der Waals surface area contributed by atoms with Crippen LogP contribution in [-0.4, -0.2) is 59.1 Å². The molecule has 8 nitrogen and oxygen atoms in total. The van der Waals surface area contributed by atoms with E-state index in [1.54, 1.807) is 6.20 Å². The van der Waals surface area contributed by atoms with E-state index in [9.17, 15) is 9.59 Å². The summed E-state index contributed by atoms with van der Waals surface area (Å²) in [4.78, 5) is 35.5. The highest BCUT2D eigenvalue weighted by Crippen LogP contribution is 2.35. The van der Waals surface area contributed by atoms with Gasteiger partial charge in [-0.15, -0.1) is 0 Å². The number of likely N-dealkylation sites (tertiary alicyclic amines) is 1. The zero-order chi connectivity index (χ0) is 31.6. The number of ether oxygens (including phenoxy) is 1. The lowest BCUT2D eigenvalue weighted by atomic mass is 10.00. The van der Waals surface area contributed by atoms with Crippen LogP contribution < -0.4 is 10.2 Å². The molecule has 3 aliphatic rings. The first-order valence-corrected chi connectivity index (χ1v) is 16.0. The van der Waals surface area contributed by atoms with Crippen molar-refractivity contribution >= 4 is 41.2 Å². The zero-order valence-corrected chi connectivity index (χ0v) is 26.7. The number of hydrogen-bond donors (Lipinski definition) is 1. The zero-order valence-electron chi connectivity index (χ0n) is 26.7. The minimum atomic E-state index is -0.581. The van der Waals surface area contributed by atoms with Gasteiger partial charge < -0.3 is 24.4 Å². The summed E-state index contributed by atoms with van der Waals surface area (Å²) in [5.41, 5.74) is 5.05. The number of anilines is 1. The Hall–Kier alpha value is -4.59. The fraction of sp³-hybridized carbons (Fsp3) is 0.378. The maximum absolute atomic E-state index is 14.1. The van der Waals surface area contributed by atoms with Crippen molar-refractivity contribution in [3.63, 3.8) is 0 Å². The van der Waals surface area contributed by atoms with Crippen LogP contribution in [0.1, 0.15) is 69.0 Å². The van der Waals surface area contributed by atoms with Gasteiger partial charge in [-0.1, -0.05) is 54.6 Å². The van der Waals surface area contributed by atoms with Gasteiger partial charge >= 0.3 is 6.09 Å². The lowest BCUT2D eigenvalue weighted by Gasteiger charge is -2.34. The van der Waals surface area contributed by atoms with Crippen LogP contribution in [0, 0.1) is 5.92 Å². The number of hydrogen-bond acceptors (Lipinski definition) is 5. The van der Waals surface area contributed by atoms with E-state index in [2.05, 4.69) is 51.2 Å². The van der Waals surface area contributed by atoms with Gasteiger partial charge in [0.15, 0.2) is 5.84 Å². The second-order valence-electron chi connectivity index (χ2n) is 13.2. The largest absolute Gasteiger partial charge is 0.444 e. The molecule has 2 aromatic carbocycles. The Morgan fingerprint density at radius 2 is 1.73 bits per heavy atom. The Bertz CT molecular complexity index is 1640. The van der Waals surface area contributed by atoms with Crippen molar-refractivity contribution in [1.82, 2.24) is 14.8 Å². The number of amides is 2. The van der Waals surface area contributed by atoms with Crippen LogP contribution in [0.25, 0.3) is 17.7 Å². The second-order valence-corrected chi connectivity index (χ2v) is 13.2. The molecule has 1 atom stereocenters. The maximum atomic E-state index is 14.1. The maximum Gasteiger partial charge on any atom is 0.407 e. The summed E-state index contributed by atoms with van der Waals surface area (Å²) in [6.07, 6.45) is 9.67. The SMILES string of the molecule is CN1C(c2ccc(/C=C/c3ccccc3)n2CC2CC2)=NC=C(C(=O)N2CCC[C@@H](NC(=O)OC(C)(C)C)C2)c2ccccc21. The van der Waals surface area contributed by atoms with Crippen LogP contribution in [0.4, 0.5) is 10.5 Å². The molecular weight excluding hydrogens is 562 g/mol. The Labute approximate surface area is 266 Å². The third-order valence-corrected chi connectivity index (χ3v) is 8.48. The number of nitrogens with one attached hydrogen (secondary N) is 1. The molecule has 2 aliphatic heterocycles. The van der Waals surface area contributed by atoms with Crippen molar-refractivity contribution in [3.05, 3.63) is 95.4 Å². The summed E-state index contributed by atoms with van der Waals surface area (Å²) in [6.45, 7) is 7.51. The van der Waals surface area contributed by atoms with Crippen LogP contribution in [0.2, 0.25) is 0 Å². The number of rotatable bonds is 7. The Balaban J connectivity index is 1.30. The molecule has 3 heterocycles. The summed E-state index contributed by atoms with van der Waals surface area (Å²) in [6, 6.07) is 22.5. The topological polar surface area (TPSA) is 79.2 Å². The molecule has 1 N–H and O–H groups in total. The molecular formula is C37H43N5O3. The molecule has 0 unspecified atom stereocenters. The summed E-state index contributed by atoms with van der Waals surface area (Å²) in [5, 5.41) is 2.96. The molecule has 1 aromatic heterocycles. The number of piperidine rings is 1. The Morgan fingerprint density at radius 3 is 2.49 bits per heavy atom. The molecule has 2 fully saturated rings. The summed E-state index contributed by atoms with van der Waals surface area (Å²) in [7, 11) is 2.02. The molecule has 0 spiro atoms. The lowest BCUT2D eigenvalue weighted by molar-refractivity contribution is -0.126. The average Bonchev–Trinajstić information content (AvgIpc) is 3.78. The van der Waals surface area contributed by atoms with Gasteiger partial charge in [0, 0.05) is 50.2 Å². The van der Waals surface area contributed by atoms with Crippen molar-refractivity contribution in [2.45, 2.75) is 64.6 Å². The number of aromatic nitrogens is 1. The fourth-order valence-electron chi connectivity index (χ4n) is 6.05. The monoisotopic (exact) mass is 605 g/mol. The molecule has 6 rings (SSSR count). The van der Waals surface area contributed by atoms with E-state index in [1.807, 2.05) is 75.2 Å². The van der Waals surface area contributed by atoms with E-state index in [0.29, 0.717) is 24.6 Å². The summed E-state index contributed by atoms with van der Waals surface area (Å²) >= 11 is 0. The van der Waals surface area contributed by atoms with Gasteiger partial charge in [-0.25, -0.2) is 9.79 Å². The molecule has 0 bridgehead atoms. The van der Waals surface area contributed by atoms with Crippen molar-refractivity contribution in [3.8, 4) is 0 Å². The summed E-state index contributed by atoms with van der Waals surface area (Å²) in [5.74, 6) is 1.38. The third kappa shape index (κ3) is 7.22. The number of fused-ring (bicyclic) bond motifs is 1. The van der Waals surface area contributed by atoms with Gasteiger partial charge in [0.2, 0.25) is 0 Å². The van der Waals surface area contributed by atoms with E-state index >= 15 is 0 Å². The molecule has 8 heteroatoms. The molecule has 1 saturated carbocycles. The van der Waals surface area contributed by atoms with Crippen LogP contribution in [0.5, 0.6) is 0 Å². The molecule has 2 amide bonds. The number of amidine groups is 1. The number of carbonyl (C=O) groups is 2.